The van der Waals surface area contributed by atoms with Crippen LogP contribution in [0.1, 0.15) is 33.1 Å². The molecule has 0 radical (unpaired) electrons. The van der Waals surface area contributed by atoms with Crippen LogP contribution < -0.4 is 10.6 Å². The van der Waals surface area contributed by atoms with Gasteiger partial charge in [-0.2, -0.15) is 0 Å². The molecule has 0 bridgehead atoms. The van der Waals surface area contributed by atoms with E-state index in [1.54, 1.807) is 13.8 Å². The maximum atomic E-state index is 11.8. The van der Waals surface area contributed by atoms with Gasteiger partial charge in [0.25, 0.3) is 0 Å². The lowest BCUT2D eigenvalue weighted by Gasteiger charge is -2.25. The first-order valence-electron chi connectivity index (χ1n) is 5.79. The van der Waals surface area contributed by atoms with Gasteiger partial charge in [-0.05, 0) is 25.3 Å². The monoisotopic (exact) mass is 228 g/mol. The van der Waals surface area contributed by atoms with Gasteiger partial charge in [-0.3, -0.25) is 4.79 Å². The molecule has 16 heavy (non-hydrogen) atoms. The van der Waals surface area contributed by atoms with Crippen LogP contribution in [0.25, 0.3) is 0 Å². The van der Waals surface area contributed by atoms with Gasteiger partial charge in [0.2, 0.25) is 5.91 Å². The molecule has 0 aromatic heterocycles. The summed E-state index contributed by atoms with van der Waals surface area (Å²) in [6.07, 6.45) is 2.89. The molecule has 1 aliphatic rings. The molecule has 2 atom stereocenters. The zero-order valence-corrected chi connectivity index (χ0v) is 9.82. The molecule has 1 heterocycles. The van der Waals surface area contributed by atoms with Gasteiger partial charge in [-0.25, -0.2) is 4.79 Å². The van der Waals surface area contributed by atoms with Crippen LogP contribution >= 0.6 is 0 Å². The van der Waals surface area contributed by atoms with Crippen molar-refractivity contribution in [2.24, 2.45) is 5.92 Å². The third-order valence-electron chi connectivity index (χ3n) is 2.86. The first-order chi connectivity index (χ1) is 7.52. The number of carboxylic acid groups (broad SMARTS) is 1. The van der Waals surface area contributed by atoms with Crippen molar-refractivity contribution in [3.63, 3.8) is 0 Å². The molecule has 5 nitrogen and oxygen atoms in total. The molecule has 92 valence electrons. The third-order valence-corrected chi connectivity index (χ3v) is 2.86. The Kier molecular flexibility index (Phi) is 4.73. The van der Waals surface area contributed by atoms with Gasteiger partial charge in [-0.15, -0.1) is 0 Å². The van der Waals surface area contributed by atoms with E-state index in [-0.39, 0.29) is 17.9 Å². The van der Waals surface area contributed by atoms with E-state index in [1.807, 2.05) is 0 Å². The molecule has 1 rings (SSSR count). The zero-order chi connectivity index (χ0) is 12.1. The average molecular weight is 228 g/mol. The molecule has 0 aromatic rings. The quantitative estimate of drug-likeness (QED) is 0.649. The number of carboxylic acids is 1. The van der Waals surface area contributed by atoms with Crippen molar-refractivity contribution in [1.29, 1.82) is 0 Å². The second-order valence-electron chi connectivity index (χ2n) is 4.57. The number of hydrogen-bond donors (Lipinski definition) is 3. The van der Waals surface area contributed by atoms with Crippen LogP contribution in [-0.4, -0.2) is 35.6 Å². The molecule has 5 heteroatoms. The summed E-state index contributed by atoms with van der Waals surface area (Å²) in [5.41, 5.74) is 0. The van der Waals surface area contributed by atoms with Crippen LogP contribution in [0, 0.1) is 5.92 Å². The molecule has 1 aliphatic heterocycles. The highest BCUT2D eigenvalue weighted by atomic mass is 16.4. The minimum absolute atomic E-state index is 0.106. The van der Waals surface area contributed by atoms with E-state index >= 15 is 0 Å². The van der Waals surface area contributed by atoms with Crippen molar-refractivity contribution >= 4 is 11.9 Å². The second kappa shape index (κ2) is 5.84. The molecule has 0 unspecified atom stereocenters. The fourth-order valence-corrected chi connectivity index (χ4v) is 1.84. The van der Waals surface area contributed by atoms with Crippen molar-refractivity contribution in [2.75, 3.05) is 6.54 Å². The summed E-state index contributed by atoms with van der Waals surface area (Å²) in [6.45, 7) is 4.40. The fourth-order valence-electron chi connectivity index (χ4n) is 1.84. The van der Waals surface area contributed by atoms with E-state index in [9.17, 15) is 9.59 Å². The van der Waals surface area contributed by atoms with Crippen molar-refractivity contribution in [2.45, 2.75) is 45.2 Å². The summed E-state index contributed by atoms with van der Waals surface area (Å²) in [5, 5.41) is 14.6. The summed E-state index contributed by atoms with van der Waals surface area (Å²) in [4.78, 5) is 22.7. The lowest BCUT2D eigenvalue weighted by molar-refractivity contribution is -0.143. The number of aliphatic carboxylic acids is 1. The number of carbonyl (C=O) groups excluding carboxylic acids is 1. The standard InChI is InChI=1S/C11H20N2O3/c1-7(2)9(11(15)16)13-10(14)8-5-3-4-6-12-8/h7-9,12H,3-6H2,1-2H3,(H,13,14)(H,15,16)/t8-,9+/m0/s1. The highest BCUT2D eigenvalue weighted by Gasteiger charge is 2.27. The van der Waals surface area contributed by atoms with E-state index < -0.39 is 12.0 Å². The Morgan fingerprint density at radius 1 is 1.38 bits per heavy atom. The first kappa shape index (κ1) is 13.0. The van der Waals surface area contributed by atoms with Gasteiger partial charge >= 0.3 is 5.97 Å². The molecule has 1 fully saturated rings. The minimum Gasteiger partial charge on any atom is -0.480 e. The molecular formula is C11H20N2O3. The Bertz CT molecular complexity index is 260. The molecule has 0 saturated carbocycles. The van der Waals surface area contributed by atoms with Crippen LogP contribution in [0.3, 0.4) is 0 Å². The predicted molar refractivity (Wildman–Crippen MR) is 60.0 cm³/mol. The Morgan fingerprint density at radius 3 is 2.50 bits per heavy atom. The fraction of sp³-hybridized carbons (Fsp3) is 0.818. The summed E-state index contributed by atoms with van der Waals surface area (Å²) >= 11 is 0. The number of rotatable bonds is 4. The molecule has 0 aromatic carbocycles. The number of hydrogen-bond acceptors (Lipinski definition) is 3. The van der Waals surface area contributed by atoms with E-state index in [1.165, 1.54) is 0 Å². The first-order valence-corrected chi connectivity index (χ1v) is 5.79. The highest BCUT2D eigenvalue weighted by molar-refractivity contribution is 5.87. The number of carbonyl (C=O) groups is 2. The summed E-state index contributed by atoms with van der Waals surface area (Å²) in [6, 6.07) is -1.02. The Morgan fingerprint density at radius 2 is 2.06 bits per heavy atom. The van der Waals surface area contributed by atoms with Crippen molar-refractivity contribution in [1.82, 2.24) is 10.6 Å². The zero-order valence-electron chi connectivity index (χ0n) is 9.82. The molecule has 0 aliphatic carbocycles. The Hall–Kier alpha value is -1.10. The van der Waals surface area contributed by atoms with E-state index in [0.717, 1.165) is 25.8 Å². The SMILES string of the molecule is CC(C)[C@@H](NC(=O)[C@@H]1CCCCN1)C(=O)O. The van der Waals surface area contributed by atoms with Crippen molar-refractivity contribution < 1.29 is 14.7 Å². The largest absolute Gasteiger partial charge is 0.480 e. The molecule has 1 amide bonds. The summed E-state index contributed by atoms with van der Waals surface area (Å²) in [7, 11) is 0. The van der Waals surface area contributed by atoms with E-state index in [0.29, 0.717) is 0 Å². The average Bonchev–Trinajstić information content (AvgIpc) is 2.25. The normalized spacial score (nSPS) is 22.8. The van der Waals surface area contributed by atoms with Crippen LogP contribution in [0.5, 0.6) is 0 Å². The van der Waals surface area contributed by atoms with Gasteiger partial charge in [0.15, 0.2) is 0 Å². The molecule has 3 N–H and O–H groups in total. The van der Waals surface area contributed by atoms with Crippen LogP contribution in [0.4, 0.5) is 0 Å². The topological polar surface area (TPSA) is 78.4 Å². The van der Waals surface area contributed by atoms with E-state index in [4.69, 9.17) is 5.11 Å². The smallest absolute Gasteiger partial charge is 0.326 e. The van der Waals surface area contributed by atoms with Crippen LogP contribution in [-0.2, 0) is 9.59 Å². The van der Waals surface area contributed by atoms with Gasteiger partial charge in [0.05, 0.1) is 6.04 Å². The Balaban J connectivity index is 2.50. The lowest BCUT2D eigenvalue weighted by Crippen LogP contribution is -2.53. The number of nitrogens with one attached hydrogen (secondary N) is 2. The van der Waals surface area contributed by atoms with Crippen molar-refractivity contribution in [3.05, 3.63) is 0 Å². The number of piperidine rings is 1. The maximum absolute atomic E-state index is 11.8. The minimum atomic E-state index is -0.973. The second-order valence-corrected chi connectivity index (χ2v) is 4.57. The Labute approximate surface area is 95.6 Å². The van der Waals surface area contributed by atoms with Gasteiger partial charge in [0, 0.05) is 0 Å². The van der Waals surface area contributed by atoms with E-state index in [2.05, 4.69) is 10.6 Å². The third kappa shape index (κ3) is 3.48. The lowest BCUT2D eigenvalue weighted by atomic mass is 10.0. The maximum Gasteiger partial charge on any atom is 0.326 e. The summed E-state index contributed by atoms with van der Waals surface area (Å²) < 4.78 is 0. The molecule has 1 saturated heterocycles. The number of amides is 1. The van der Waals surface area contributed by atoms with Gasteiger partial charge < -0.3 is 15.7 Å². The predicted octanol–water partition coefficient (Wildman–Crippen LogP) is 0.354. The van der Waals surface area contributed by atoms with Gasteiger partial charge in [0.1, 0.15) is 6.04 Å². The highest BCUT2D eigenvalue weighted by Crippen LogP contribution is 2.08. The summed E-state index contributed by atoms with van der Waals surface area (Å²) in [5.74, 6) is -1.27. The molecule has 0 spiro atoms. The van der Waals surface area contributed by atoms with Crippen LogP contribution in [0.2, 0.25) is 0 Å². The van der Waals surface area contributed by atoms with Crippen LogP contribution in [0.15, 0.2) is 0 Å². The molecular weight excluding hydrogens is 208 g/mol. The van der Waals surface area contributed by atoms with Crippen molar-refractivity contribution in [3.8, 4) is 0 Å². The van der Waals surface area contributed by atoms with Gasteiger partial charge in [-0.1, -0.05) is 20.3 Å².